The van der Waals surface area contributed by atoms with Crippen LogP contribution in [0.5, 0.6) is 0 Å². The van der Waals surface area contributed by atoms with Crippen LogP contribution >= 0.6 is 0 Å². The second-order valence-corrected chi connectivity index (χ2v) is 6.47. The van der Waals surface area contributed by atoms with Crippen LogP contribution in [0.1, 0.15) is 25.6 Å². The fraction of sp³-hybridized carbons (Fsp3) is 0.750. The second-order valence-electron chi connectivity index (χ2n) is 4.17. The molecule has 0 bridgehead atoms. The Kier molecular flexibility index (Phi) is 2.22. The summed E-state index contributed by atoms with van der Waals surface area (Å²) in [4.78, 5) is 3.96. The van der Waals surface area contributed by atoms with Gasteiger partial charge in [0.05, 0.1) is 11.5 Å². The monoisotopic (exact) mass is 231 g/mol. The third-order valence-electron chi connectivity index (χ3n) is 2.91. The Morgan fingerprint density at radius 1 is 1.40 bits per heavy atom. The molecule has 0 radical (unpaired) electrons. The number of aromatic nitrogens is 2. The quantitative estimate of drug-likeness (QED) is 0.736. The summed E-state index contributed by atoms with van der Waals surface area (Å²) in [6, 6.07) is 0.0275. The SMILES string of the molecule is CC1(c2noc(N)n2)CCS(=O)(=O)CC1. The minimum atomic E-state index is -2.87. The van der Waals surface area contributed by atoms with E-state index in [0.29, 0.717) is 18.7 Å². The van der Waals surface area contributed by atoms with Crippen molar-refractivity contribution in [1.29, 1.82) is 0 Å². The Morgan fingerprint density at radius 3 is 2.47 bits per heavy atom. The molecule has 0 atom stereocenters. The molecule has 1 aromatic heterocycles. The lowest BCUT2D eigenvalue weighted by atomic mass is 9.83. The standard InChI is InChI=1S/C8H13N3O3S/c1-8(6-10-7(9)14-11-6)2-4-15(12,13)5-3-8/h2-5H2,1H3,(H2,9,10,11). The molecule has 1 aliphatic heterocycles. The first-order valence-corrected chi connectivity index (χ1v) is 6.54. The number of sulfone groups is 1. The summed E-state index contributed by atoms with van der Waals surface area (Å²) in [6.45, 7) is 1.94. The lowest BCUT2D eigenvalue weighted by Gasteiger charge is -2.29. The predicted molar refractivity (Wildman–Crippen MR) is 54.0 cm³/mol. The Bertz CT molecular complexity index is 451. The van der Waals surface area contributed by atoms with Crippen LogP contribution in [0.25, 0.3) is 0 Å². The van der Waals surface area contributed by atoms with Crippen LogP contribution in [0, 0.1) is 0 Å². The van der Waals surface area contributed by atoms with Crippen LogP contribution in [-0.2, 0) is 15.3 Å². The van der Waals surface area contributed by atoms with Gasteiger partial charge in [-0.3, -0.25) is 0 Å². The molecule has 1 saturated heterocycles. The maximum absolute atomic E-state index is 11.3. The number of hydrogen-bond acceptors (Lipinski definition) is 6. The zero-order valence-corrected chi connectivity index (χ0v) is 9.25. The van der Waals surface area contributed by atoms with Crippen molar-refractivity contribution in [3.05, 3.63) is 5.82 Å². The van der Waals surface area contributed by atoms with Crippen molar-refractivity contribution >= 4 is 15.9 Å². The van der Waals surface area contributed by atoms with Crippen molar-refractivity contribution in [2.45, 2.75) is 25.2 Å². The van der Waals surface area contributed by atoms with Gasteiger partial charge in [0.15, 0.2) is 5.82 Å². The molecule has 0 saturated carbocycles. The molecule has 2 heterocycles. The van der Waals surface area contributed by atoms with Crippen LogP contribution in [0.4, 0.5) is 6.01 Å². The molecule has 84 valence electrons. The van der Waals surface area contributed by atoms with E-state index >= 15 is 0 Å². The first-order valence-electron chi connectivity index (χ1n) is 4.71. The number of anilines is 1. The molecule has 0 spiro atoms. The van der Waals surface area contributed by atoms with Gasteiger partial charge < -0.3 is 10.3 Å². The summed E-state index contributed by atoms with van der Waals surface area (Å²) >= 11 is 0. The summed E-state index contributed by atoms with van der Waals surface area (Å²) in [5.74, 6) is 0.866. The Morgan fingerprint density at radius 2 is 2.00 bits per heavy atom. The maximum Gasteiger partial charge on any atom is 0.318 e. The first kappa shape index (κ1) is 10.4. The molecule has 0 unspecified atom stereocenters. The van der Waals surface area contributed by atoms with Crippen molar-refractivity contribution in [3.63, 3.8) is 0 Å². The smallest absolute Gasteiger partial charge is 0.318 e. The van der Waals surface area contributed by atoms with E-state index in [1.807, 2.05) is 6.92 Å². The Hall–Kier alpha value is -1.11. The van der Waals surface area contributed by atoms with Gasteiger partial charge in [0.25, 0.3) is 0 Å². The molecule has 7 heteroatoms. The molecular weight excluding hydrogens is 218 g/mol. The largest absolute Gasteiger partial charge is 0.351 e. The van der Waals surface area contributed by atoms with Crippen LogP contribution in [0.15, 0.2) is 4.52 Å². The van der Waals surface area contributed by atoms with E-state index in [0.717, 1.165) is 0 Å². The van der Waals surface area contributed by atoms with Crippen LogP contribution < -0.4 is 5.73 Å². The number of nitrogen functional groups attached to an aromatic ring is 1. The third kappa shape index (κ3) is 1.97. The number of nitrogens with two attached hydrogens (primary N) is 1. The number of nitrogens with zero attached hydrogens (tertiary/aromatic N) is 2. The minimum Gasteiger partial charge on any atom is -0.351 e. The van der Waals surface area contributed by atoms with Gasteiger partial charge in [-0.2, -0.15) is 4.98 Å². The zero-order chi connectivity index (χ0) is 11.1. The fourth-order valence-corrected chi connectivity index (χ4v) is 3.42. The van der Waals surface area contributed by atoms with Gasteiger partial charge >= 0.3 is 6.01 Å². The van der Waals surface area contributed by atoms with Crippen LogP contribution in [-0.4, -0.2) is 30.1 Å². The molecule has 1 aliphatic rings. The van der Waals surface area contributed by atoms with Gasteiger partial charge in [0, 0.05) is 5.41 Å². The lowest BCUT2D eigenvalue weighted by molar-refractivity contribution is 0.358. The first-order chi connectivity index (χ1) is 6.91. The van der Waals surface area contributed by atoms with Crippen molar-refractivity contribution in [3.8, 4) is 0 Å². The Labute approximate surface area is 87.8 Å². The zero-order valence-electron chi connectivity index (χ0n) is 8.43. The average molecular weight is 231 g/mol. The maximum atomic E-state index is 11.3. The van der Waals surface area contributed by atoms with E-state index in [4.69, 9.17) is 10.3 Å². The molecular formula is C8H13N3O3S. The molecule has 0 aliphatic carbocycles. The molecule has 6 nitrogen and oxygen atoms in total. The summed E-state index contributed by atoms with van der Waals surface area (Å²) in [7, 11) is -2.87. The van der Waals surface area contributed by atoms with Crippen molar-refractivity contribution in [1.82, 2.24) is 10.1 Å². The van der Waals surface area contributed by atoms with Gasteiger partial charge in [0.2, 0.25) is 0 Å². The van der Waals surface area contributed by atoms with E-state index in [1.54, 1.807) is 0 Å². The highest BCUT2D eigenvalue weighted by molar-refractivity contribution is 7.91. The normalized spacial score (nSPS) is 23.8. The predicted octanol–water partition coefficient (Wildman–Crippen LogP) is 0.118. The number of rotatable bonds is 1. The van der Waals surface area contributed by atoms with Gasteiger partial charge in [-0.25, -0.2) is 8.42 Å². The molecule has 2 rings (SSSR count). The number of hydrogen-bond donors (Lipinski definition) is 1. The van der Waals surface area contributed by atoms with Crippen molar-refractivity contribution in [2.75, 3.05) is 17.2 Å². The highest BCUT2D eigenvalue weighted by atomic mass is 32.2. The fourth-order valence-electron chi connectivity index (χ4n) is 1.69. The minimum absolute atomic E-state index is 0.0275. The van der Waals surface area contributed by atoms with E-state index in [2.05, 4.69) is 10.1 Å². The van der Waals surface area contributed by atoms with E-state index in [9.17, 15) is 8.42 Å². The average Bonchev–Trinajstić information content (AvgIpc) is 2.59. The van der Waals surface area contributed by atoms with E-state index in [-0.39, 0.29) is 22.9 Å². The molecule has 1 aromatic rings. The summed E-state index contributed by atoms with van der Waals surface area (Å²) < 4.78 is 27.3. The molecule has 2 N–H and O–H groups in total. The molecule has 0 amide bonds. The van der Waals surface area contributed by atoms with E-state index < -0.39 is 9.84 Å². The van der Waals surface area contributed by atoms with Crippen molar-refractivity contribution in [2.24, 2.45) is 0 Å². The Balaban J connectivity index is 2.23. The van der Waals surface area contributed by atoms with Crippen molar-refractivity contribution < 1.29 is 12.9 Å². The second kappa shape index (κ2) is 3.19. The summed E-state index contributed by atoms with van der Waals surface area (Å²) in [5.41, 5.74) is 5.01. The molecule has 0 aromatic carbocycles. The highest BCUT2D eigenvalue weighted by Crippen LogP contribution is 2.34. The van der Waals surface area contributed by atoms with Gasteiger partial charge in [-0.05, 0) is 12.8 Å². The van der Waals surface area contributed by atoms with Gasteiger partial charge in [-0.1, -0.05) is 12.1 Å². The third-order valence-corrected chi connectivity index (χ3v) is 4.56. The van der Waals surface area contributed by atoms with Crippen LogP contribution in [0.2, 0.25) is 0 Å². The highest BCUT2D eigenvalue weighted by Gasteiger charge is 2.38. The molecule has 1 fully saturated rings. The summed E-state index contributed by atoms with van der Waals surface area (Å²) in [6.07, 6.45) is 1.04. The van der Waals surface area contributed by atoms with Crippen LogP contribution in [0.3, 0.4) is 0 Å². The van der Waals surface area contributed by atoms with Gasteiger partial charge in [-0.15, -0.1) is 0 Å². The topological polar surface area (TPSA) is 99.1 Å². The lowest BCUT2D eigenvalue weighted by Crippen LogP contribution is -2.35. The molecule has 15 heavy (non-hydrogen) atoms. The van der Waals surface area contributed by atoms with Gasteiger partial charge in [0.1, 0.15) is 9.84 Å². The summed E-state index contributed by atoms with van der Waals surface area (Å²) in [5, 5.41) is 3.75. The van der Waals surface area contributed by atoms with E-state index in [1.165, 1.54) is 0 Å².